The predicted octanol–water partition coefficient (Wildman–Crippen LogP) is 1.06. The minimum absolute atomic E-state index is 0.121. The van der Waals surface area contributed by atoms with E-state index in [1.54, 1.807) is 20.8 Å². The maximum Gasteiger partial charge on any atom is 0.516 e. The van der Waals surface area contributed by atoms with Gasteiger partial charge >= 0.3 is 12.1 Å². The van der Waals surface area contributed by atoms with Crippen LogP contribution in [-0.4, -0.2) is 24.3 Å². The second-order valence-electron chi connectivity index (χ2n) is 3.51. The van der Waals surface area contributed by atoms with Gasteiger partial charge < -0.3 is 15.2 Å². The van der Waals surface area contributed by atoms with E-state index < -0.39 is 17.7 Å². The molecule has 0 aromatic heterocycles. The van der Waals surface area contributed by atoms with Gasteiger partial charge in [0.15, 0.2) is 0 Å². The van der Waals surface area contributed by atoms with Crippen LogP contribution in [0.25, 0.3) is 0 Å². The maximum absolute atomic E-state index is 11.3. The van der Waals surface area contributed by atoms with Crippen LogP contribution in [0.5, 0.6) is 0 Å². The van der Waals surface area contributed by atoms with Crippen LogP contribution in [0, 0.1) is 5.92 Å². The average molecular weight is 203 g/mol. The lowest BCUT2D eigenvalue weighted by Crippen LogP contribution is -2.51. The Balaban J connectivity index is 4.27. The Labute approximate surface area is 83.5 Å². The van der Waals surface area contributed by atoms with Crippen LogP contribution in [0.4, 0.5) is 4.79 Å². The first-order valence-corrected chi connectivity index (χ1v) is 4.50. The van der Waals surface area contributed by atoms with Crippen LogP contribution in [0.2, 0.25) is 0 Å². The highest BCUT2D eigenvalue weighted by atomic mass is 16.7. The van der Waals surface area contributed by atoms with E-state index in [4.69, 9.17) is 5.73 Å². The third kappa shape index (κ3) is 3.33. The number of carbonyl (C=O) groups excluding carboxylic acids is 2. The zero-order valence-corrected chi connectivity index (χ0v) is 8.99. The van der Waals surface area contributed by atoms with Crippen LogP contribution >= 0.6 is 0 Å². The van der Waals surface area contributed by atoms with Crippen LogP contribution in [-0.2, 0) is 14.3 Å². The molecule has 0 unspecified atom stereocenters. The van der Waals surface area contributed by atoms with Gasteiger partial charge in [0.25, 0.3) is 0 Å². The SMILES string of the molecule is CCOC(=O)OC(=O)[C@@](C)(N)C(C)C. The number of hydrogen-bond acceptors (Lipinski definition) is 5. The van der Waals surface area contributed by atoms with Gasteiger partial charge in [0, 0.05) is 0 Å². The van der Waals surface area contributed by atoms with E-state index in [1.165, 1.54) is 6.92 Å². The summed E-state index contributed by atoms with van der Waals surface area (Å²) in [6.45, 7) is 6.84. The van der Waals surface area contributed by atoms with Crippen molar-refractivity contribution in [3.05, 3.63) is 0 Å². The molecule has 0 aliphatic heterocycles. The Morgan fingerprint density at radius 1 is 1.43 bits per heavy atom. The van der Waals surface area contributed by atoms with E-state index in [2.05, 4.69) is 9.47 Å². The molecule has 0 aliphatic carbocycles. The molecule has 1 atom stereocenters. The molecule has 5 nitrogen and oxygen atoms in total. The number of rotatable bonds is 3. The number of nitrogens with two attached hydrogens (primary N) is 1. The summed E-state index contributed by atoms with van der Waals surface area (Å²) in [6, 6.07) is 0. The molecule has 0 aromatic rings. The highest BCUT2D eigenvalue weighted by Crippen LogP contribution is 2.14. The van der Waals surface area contributed by atoms with Gasteiger partial charge in [0.1, 0.15) is 5.54 Å². The number of esters is 1. The Bertz CT molecular complexity index is 223. The van der Waals surface area contributed by atoms with Crippen molar-refractivity contribution >= 4 is 12.1 Å². The van der Waals surface area contributed by atoms with Crippen molar-refractivity contribution < 1.29 is 19.1 Å². The smallest absolute Gasteiger partial charge is 0.434 e. The first kappa shape index (κ1) is 12.9. The summed E-state index contributed by atoms with van der Waals surface area (Å²) in [5, 5.41) is 0. The van der Waals surface area contributed by atoms with Gasteiger partial charge in [-0.2, -0.15) is 0 Å². The van der Waals surface area contributed by atoms with Crippen molar-refractivity contribution in [2.75, 3.05) is 6.61 Å². The second-order valence-corrected chi connectivity index (χ2v) is 3.51. The Hall–Kier alpha value is -1.10. The van der Waals surface area contributed by atoms with E-state index in [1.807, 2.05) is 0 Å². The molecule has 0 saturated carbocycles. The highest BCUT2D eigenvalue weighted by molar-refractivity contribution is 5.88. The maximum atomic E-state index is 11.3. The monoisotopic (exact) mass is 203 g/mol. The van der Waals surface area contributed by atoms with Crippen molar-refractivity contribution in [2.24, 2.45) is 11.7 Å². The summed E-state index contributed by atoms with van der Waals surface area (Å²) >= 11 is 0. The molecule has 0 amide bonds. The highest BCUT2D eigenvalue weighted by Gasteiger charge is 2.35. The van der Waals surface area contributed by atoms with Crippen molar-refractivity contribution in [3.8, 4) is 0 Å². The molecule has 0 heterocycles. The molecule has 2 N–H and O–H groups in total. The zero-order valence-electron chi connectivity index (χ0n) is 8.99. The largest absolute Gasteiger partial charge is 0.516 e. The third-order valence-electron chi connectivity index (χ3n) is 2.08. The molecule has 0 aromatic carbocycles. The van der Waals surface area contributed by atoms with Gasteiger partial charge in [-0.05, 0) is 19.8 Å². The minimum atomic E-state index is -1.17. The molecule has 0 fully saturated rings. The summed E-state index contributed by atoms with van der Waals surface area (Å²) in [5.41, 5.74) is 4.49. The lowest BCUT2D eigenvalue weighted by molar-refractivity contribution is -0.147. The first-order valence-electron chi connectivity index (χ1n) is 4.50. The number of ether oxygens (including phenoxy) is 2. The Kier molecular flexibility index (Phi) is 4.56. The van der Waals surface area contributed by atoms with Gasteiger partial charge in [-0.3, -0.25) is 0 Å². The standard InChI is InChI=1S/C9H17NO4/c1-5-13-8(12)14-7(11)9(4,10)6(2)3/h6H,5,10H2,1-4H3/t9-/m0/s1. The summed E-state index contributed by atoms with van der Waals surface area (Å²) < 4.78 is 8.84. The molecule has 14 heavy (non-hydrogen) atoms. The molecule has 0 rings (SSSR count). The molecule has 0 spiro atoms. The van der Waals surface area contributed by atoms with Gasteiger partial charge in [-0.15, -0.1) is 0 Å². The first-order chi connectivity index (χ1) is 6.32. The van der Waals surface area contributed by atoms with Crippen molar-refractivity contribution in [1.29, 1.82) is 0 Å². The summed E-state index contributed by atoms with van der Waals surface area (Å²) in [5.74, 6) is -0.893. The fourth-order valence-electron chi connectivity index (χ4n) is 0.569. The molecular weight excluding hydrogens is 186 g/mol. The van der Waals surface area contributed by atoms with Gasteiger partial charge in [-0.1, -0.05) is 13.8 Å². The fraction of sp³-hybridized carbons (Fsp3) is 0.778. The topological polar surface area (TPSA) is 78.6 Å². The lowest BCUT2D eigenvalue weighted by atomic mass is 9.90. The van der Waals surface area contributed by atoms with Crippen LogP contribution in [0.15, 0.2) is 0 Å². The van der Waals surface area contributed by atoms with Gasteiger partial charge in [-0.25, -0.2) is 9.59 Å². The number of hydrogen-bond donors (Lipinski definition) is 1. The lowest BCUT2D eigenvalue weighted by Gasteiger charge is -2.25. The molecule has 82 valence electrons. The van der Waals surface area contributed by atoms with Crippen LogP contribution in [0.3, 0.4) is 0 Å². The van der Waals surface area contributed by atoms with Crippen LogP contribution < -0.4 is 5.73 Å². The number of carbonyl (C=O) groups is 2. The van der Waals surface area contributed by atoms with Crippen molar-refractivity contribution in [1.82, 2.24) is 0 Å². The van der Waals surface area contributed by atoms with E-state index in [0.29, 0.717) is 0 Å². The summed E-state index contributed by atoms with van der Waals surface area (Å²) in [6.07, 6.45) is -1.00. The fourth-order valence-corrected chi connectivity index (χ4v) is 0.569. The van der Waals surface area contributed by atoms with Crippen LogP contribution in [0.1, 0.15) is 27.7 Å². The Morgan fingerprint density at radius 2 is 1.93 bits per heavy atom. The zero-order chi connectivity index (χ0) is 11.4. The van der Waals surface area contributed by atoms with E-state index >= 15 is 0 Å². The van der Waals surface area contributed by atoms with E-state index in [0.717, 1.165) is 0 Å². The minimum Gasteiger partial charge on any atom is -0.434 e. The van der Waals surface area contributed by atoms with Crippen molar-refractivity contribution in [3.63, 3.8) is 0 Å². The average Bonchev–Trinajstić information content (AvgIpc) is 2.03. The normalized spacial score (nSPS) is 14.7. The summed E-state index contributed by atoms with van der Waals surface area (Å²) in [4.78, 5) is 22.1. The van der Waals surface area contributed by atoms with Gasteiger partial charge in [0.05, 0.1) is 6.61 Å². The van der Waals surface area contributed by atoms with Gasteiger partial charge in [0.2, 0.25) is 0 Å². The molecular formula is C9H17NO4. The molecule has 0 saturated heterocycles. The molecule has 0 aliphatic rings. The Morgan fingerprint density at radius 3 is 2.29 bits per heavy atom. The second kappa shape index (κ2) is 4.95. The summed E-state index contributed by atoms with van der Waals surface area (Å²) in [7, 11) is 0. The predicted molar refractivity (Wildman–Crippen MR) is 50.5 cm³/mol. The quantitative estimate of drug-likeness (QED) is 0.548. The molecule has 0 bridgehead atoms. The van der Waals surface area contributed by atoms with Crippen molar-refractivity contribution in [2.45, 2.75) is 33.2 Å². The van der Waals surface area contributed by atoms with E-state index in [-0.39, 0.29) is 12.5 Å². The molecule has 5 heteroatoms. The third-order valence-corrected chi connectivity index (χ3v) is 2.08. The van der Waals surface area contributed by atoms with E-state index in [9.17, 15) is 9.59 Å². The molecule has 0 radical (unpaired) electrons.